The fraction of sp³-hybridized carbons (Fsp3) is 0.909. The molecule has 1 heteroatoms. The van der Waals surface area contributed by atoms with Crippen LogP contribution >= 0.6 is 0 Å². The van der Waals surface area contributed by atoms with E-state index in [1.165, 1.54) is 58.0 Å². The van der Waals surface area contributed by atoms with Crippen LogP contribution in [-0.2, 0) is 0 Å². The Morgan fingerprint density at radius 3 is 2.25 bits per heavy atom. The number of nitrogens with one attached hydrogen (secondary N) is 1. The predicted molar refractivity (Wildman–Crippen MR) is 51.9 cm³/mol. The van der Waals surface area contributed by atoms with Crippen LogP contribution in [0.4, 0.5) is 0 Å². The summed E-state index contributed by atoms with van der Waals surface area (Å²) in [6, 6.07) is 0. The first-order valence-corrected chi connectivity index (χ1v) is 5.52. The van der Waals surface area contributed by atoms with Gasteiger partial charge in [0.2, 0.25) is 0 Å². The van der Waals surface area contributed by atoms with Gasteiger partial charge >= 0.3 is 0 Å². The summed E-state index contributed by atoms with van der Waals surface area (Å²) in [6.07, 6.45) is 10.1. The largest absolute Gasteiger partial charge is 0.317 e. The van der Waals surface area contributed by atoms with Crippen molar-refractivity contribution in [3.05, 3.63) is 5.92 Å². The highest BCUT2D eigenvalue weighted by molar-refractivity contribution is 4.99. The van der Waals surface area contributed by atoms with Gasteiger partial charge in [0.15, 0.2) is 0 Å². The van der Waals surface area contributed by atoms with Crippen LogP contribution in [0.25, 0.3) is 0 Å². The van der Waals surface area contributed by atoms with E-state index >= 15 is 0 Å². The zero-order valence-corrected chi connectivity index (χ0v) is 7.94. The van der Waals surface area contributed by atoms with Gasteiger partial charge in [0.05, 0.1) is 0 Å². The van der Waals surface area contributed by atoms with Crippen molar-refractivity contribution >= 4 is 0 Å². The third-order valence-corrected chi connectivity index (χ3v) is 3.41. The van der Waals surface area contributed by atoms with Crippen LogP contribution in [0.3, 0.4) is 0 Å². The Labute approximate surface area is 75.9 Å². The average Bonchev–Trinajstić information content (AvgIpc) is 2.21. The van der Waals surface area contributed by atoms with E-state index in [0.717, 1.165) is 5.92 Å². The molecule has 1 aliphatic carbocycles. The molecule has 1 N–H and O–H groups in total. The van der Waals surface area contributed by atoms with Crippen LogP contribution in [0.2, 0.25) is 0 Å². The van der Waals surface area contributed by atoms with E-state index in [4.69, 9.17) is 0 Å². The van der Waals surface area contributed by atoms with Crippen molar-refractivity contribution in [2.24, 2.45) is 5.92 Å². The first-order valence-electron chi connectivity index (χ1n) is 5.52. The van der Waals surface area contributed by atoms with Gasteiger partial charge in [-0.2, -0.15) is 0 Å². The fourth-order valence-corrected chi connectivity index (χ4v) is 2.64. The van der Waals surface area contributed by atoms with Gasteiger partial charge in [-0.3, -0.25) is 0 Å². The zero-order chi connectivity index (χ0) is 8.23. The second kappa shape index (κ2) is 4.27. The molecule has 1 heterocycles. The summed E-state index contributed by atoms with van der Waals surface area (Å²) in [5.41, 5.74) is 0. The summed E-state index contributed by atoms with van der Waals surface area (Å²) in [4.78, 5) is 0. The van der Waals surface area contributed by atoms with Crippen molar-refractivity contribution in [3.8, 4) is 0 Å². The lowest BCUT2D eigenvalue weighted by atomic mass is 9.76. The summed E-state index contributed by atoms with van der Waals surface area (Å²) in [6.45, 7) is 2.52. The predicted octanol–water partition coefficient (Wildman–Crippen LogP) is 2.52. The van der Waals surface area contributed by atoms with Gasteiger partial charge in [0.25, 0.3) is 0 Å². The minimum Gasteiger partial charge on any atom is -0.317 e. The molecular weight excluding hydrogens is 146 g/mol. The van der Waals surface area contributed by atoms with E-state index in [1.54, 1.807) is 0 Å². The van der Waals surface area contributed by atoms with Crippen molar-refractivity contribution in [2.75, 3.05) is 13.1 Å². The molecule has 0 spiro atoms. The van der Waals surface area contributed by atoms with Gasteiger partial charge in [-0.15, -0.1) is 0 Å². The minimum absolute atomic E-state index is 0.992. The first-order chi connectivity index (χ1) is 5.97. The molecule has 0 amide bonds. The lowest BCUT2D eigenvalue weighted by Gasteiger charge is -2.32. The number of hydrogen-bond donors (Lipinski definition) is 1. The Kier molecular flexibility index (Phi) is 3.04. The molecule has 2 aliphatic rings. The van der Waals surface area contributed by atoms with Gasteiger partial charge in [0.1, 0.15) is 0 Å². The van der Waals surface area contributed by atoms with Crippen LogP contribution in [0.15, 0.2) is 0 Å². The SMILES string of the molecule is C1CC[C](C2CCNCC2)CC1. The molecule has 1 aliphatic heterocycles. The molecule has 69 valence electrons. The van der Waals surface area contributed by atoms with Gasteiger partial charge in [-0.05, 0) is 50.6 Å². The van der Waals surface area contributed by atoms with Gasteiger partial charge in [-0.1, -0.05) is 19.3 Å². The van der Waals surface area contributed by atoms with Crippen LogP contribution in [0, 0.1) is 11.8 Å². The molecule has 1 saturated heterocycles. The molecule has 0 atom stereocenters. The third-order valence-electron chi connectivity index (χ3n) is 3.41. The number of hydrogen-bond acceptors (Lipinski definition) is 1. The van der Waals surface area contributed by atoms with Crippen LogP contribution < -0.4 is 5.32 Å². The molecular formula is C11H20N. The normalized spacial score (nSPS) is 29.0. The quantitative estimate of drug-likeness (QED) is 0.631. The molecule has 12 heavy (non-hydrogen) atoms. The van der Waals surface area contributed by atoms with Gasteiger partial charge < -0.3 is 5.32 Å². The van der Waals surface area contributed by atoms with E-state index in [-0.39, 0.29) is 0 Å². The van der Waals surface area contributed by atoms with E-state index < -0.39 is 0 Å². The molecule has 0 aromatic rings. The third kappa shape index (κ3) is 2.01. The van der Waals surface area contributed by atoms with Gasteiger partial charge in [-0.25, -0.2) is 0 Å². The van der Waals surface area contributed by atoms with Crippen LogP contribution in [0.5, 0.6) is 0 Å². The monoisotopic (exact) mass is 166 g/mol. The molecule has 1 nitrogen and oxygen atoms in total. The summed E-state index contributed by atoms with van der Waals surface area (Å²) in [7, 11) is 0. The lowest BCUT2D eigenvalue weighted by molar-refractivity contribution is 0.335. The maximum absolute atomic E-state index is 3.44. The Morgan fingerprint density at radius 2 is 1.58 bits per heavy atom. The van der Waals surface area contributed by atoms with Crippen molar-refractivity contribution < 1.29 is 0 Å². The van der Waals surface area contributed by atoms with Crippen LogP contribution in [0.1, 0.15) is 44.9 Å². The van der Waals surface area contributed by atoms with E-state index in [2.05, 4.69) is 5.32 Å². The average molecular weight is 166 g/mol. The number of rotatable bonds is 1. The Morgan fingerprint density at radius 1 is 0.917 bits per heavy atom. The highest BCUT2D eigenvalue weighted by Gasteiger charge is 2.24. The molecule has 0 bridgehead atoms. The molecule has 0 unspecified atom stereocenters. The summed E-state index contributed by atoms with van der Waals surface area (Å²) in [5.74, 6) is 2.90. The second-order valence-electron chi connectivity index (χ2n) is 4.24. The van der Waals surface area contributed by atoms with E-state index in [9.17, 15) is 0 Å². The summed E-state index contributed by atoms with van der Waals surface area (Å²) in [5, 5.41) is 3.44. The van der Waals surface area contributed by atoms with Crippen molar-refractivity contribution in [1.82, 2.24) is 5.32 Å². The molecule has 2 rings (SSSR count). The Hall–Kier alpha value is -0.0400. The van der Waals surface area contributed by atoms with E-state index in [1.807, 2.05) is 5.92 Å². The highest BCUT2D eigenvalue weighted by atomic mass is 14.9. The summed E-state index contributed by atoms with van der Waals surface area (Å²) >= 11 is 0. The lowest BCUT2D eigenvalue weighted by Crippen LogP contribution is -2.31. The Balaban J connectivity index is 1.80. The van der Waals surface area contributed by atoms with Crippen molar-refractivity contribution in [2.45, 2.75) is 44.9 Å². The standard InChI is InChI=1S/C11H20N/c1-2-4-10(5-3-1)11-6-8-12-9-7-11/h11-12H,1-9H2. The second-order valence-corrected chi connectivity index (χ2v) is 4.24. The number of piperidine rings is 1. The molecule has 0 aromatic heterocycles. The van der Waals surface area contributed by atoms with E-state index in [0.29, 0.717) is 0 Å². The van der Waals surface area contributed by atoms with Crippen molar-refractivity contribution in [1.29, 1.82) is 0 Å². The molecule has 2 fully saturated rings. The van der Waals surface area contributed by atoms with Gasteiger partial charge in [0, 0.05) is 0 Å². The fourth-order valence-electron chi connectivity index (χ4n) is 2.64. The molecule has 1 saturated carbocycles. The zero-order valence-electron chi connectivity index (χ0n) is 7.94. The minimum atomic E-state index is 0.992. The van der Waals surface area contributed by atoms with Crippen LogP contribution in [-0.4, -0.2) is 13.1 Å². The Bertz CT molecular complexity index is 105. The topological polar surface area (TPSA) is 12.0 Å². The first kappa shape index (κ1) is 8.55. The van der Waals surface area contributed by atoms with Crippen molar-refractivity contribution in [3.63, 3.8) is 0 Å². The summed E-state index contributed by atoms with van der Waals surface area (Å²) < 4.78 is 0. The maximum Gasteiger partial charge on any atom is -0.00461 e. The molecule has 1 radical (unpaired) electrons. The maximum atomic E-state index is 3.44. The highest BCUT2D eigenvalue weighted by Crippen LogP contribution is 2.35. The molecule has 0 aromatic carbocycles. The smallest absolute Gasteiger partial charge is 0.00461 e.